The van der Waals surface area contributed by atoms with Crippen molar-refractivity contribution < 1.29 is 9.59 Å². The minimum absolute atomic E-state index is 0.0340. The first-order valence-corrected chi connectivity index (χ1v) is 12.0. The number of carbonyl (C=O) groups excluding carboxylic acids is 2. The zero-order valence-electron chi connectivity index (χ0n) is 18.2. The third-order valence-corrected chi connectivity index (χ3v) is 7.26. The van der Waals surface area contributed by atoms with E-state index in [-0.39, 0.29) is 23.8 Å². The van der Waals surface area contributed by atoms with Crippen molar-refractivity contribution in [3.05, 3.63) is 35.9 Å². The maximum Gasteiger partial charge on any atom is 0.225 e. The first-order valence-electron chi connectivity index (χ1n) is 12.0. The number of carbonyl (C=O) groups is 2. The van der Waals surface area contributed by atoms with E-state index in [0.29, 0.717) is 25.4 Å². The molecule has 2 saturated heterocycles. The second-order valence-corrected chi connectivity index (χ2v) is 9.47. The molecular weight excluding hydrogens is 374 g/mol. The number of nitrogens with zero attached hydrogens (tertiary/aromatic N) is 2. The molecule has 164 valence electrons. The number of nitrogens with one attached hydrogen (secondary N) is 1. The van der Waals surface area contributed by atoms with Crippen LogP contribution in [0.1, 0.15) is 69.8 Å². The summed E-state index contributed by atoms with van der Waals surface area (Å²) < 4.78 is 0. The van der Waals surface area contributed by atoms with Crippen LogP contribution in [0.2, 0.25) is 0 Å². The highest BCUT2D eigenvalue weighted by Gasteiger charge is 2.35. The van der Waals surface area contributed by atoms with Crippen LogP contribution < -0.4 is 5.32 Å². The van der Waals surface area contributed by atoms with Gasteiger partial charge in [-0.2, -0.15) is 0 Å². The van der Waals surface area contributed by atoms with Crippen molar-refractivity contribution in [2.45, 2.75) is 82.8 Å². The fraction of sp³-hybridized carbons (Fsp3) is 0.680. The van der Waals surface area contributed by atoms with Gasteiger partial charge in [0.25, 0.3) is 0 Å². The largest absolute Gasteiger partial charge is 0.353 e. The highest BCUT2D eigenvalue weighted by atomic mass is 16.2. The molecule has 1 aromatic carbocycles. The Kier molecular flexibility index (Phi) is 7.42. The van der Waals surface area contributed by atoms with Crippen molar-refractivity contribution in [2.75, 3.05) is 19.6 Å². The van der Waals surface area contributed by atoms with Crippen LogP contribution >= 0.6 is 0 Å². The Morgan fingerprint density at radius 3 is 2.33 bits per heavy atom. The monoisotopic (exact) mass is 411 g/mol. The summed E-state index contributed by atoms with van der Waals surface area (Å²) in [5.74, 6) is 0.399. The van der Waals surface area contributed by atoms with Gasteiger partial charge in [0.15, 0.2) is 0 Å². The number of hydrogen-bond donors (Lipinski definition) is 1. The minimum atomic E-state index is -0.0340. The van der Waals surface area contributed by atoms with Gasteiger partial charge >= 0.3 is 0 Å². The van der Waals surface area contributed by atoms with Gasteiger partial charge in [-0.05, 0) is 37.7 Å². The molecule has 4 rings (SSSR count). The number of benzene rings is 1. The molecule has 1 atom stereocenters. The normalized spacial score (nSPS) is 25.1. The van der Waals surface area contributed by atoms with Gasteiger partial charge in [-0.25, -0.2) is 0 Å². The van der Waals surface area contributed by atoms with E-state index in [4.69, 9.17) is 0 Å². The molecule has 1 aromatic rings. The lowest BCUT2D eigenvalue weighted by Gasteiger charge is -2.38. The topological polar surface area (TPSA) is 52.7 Å². The molecule has 2 heterocycles. The number of likely N-dealkylation sites (tertiary alicyclic amines) is 2. The molecule has 0 radical (unpaired) electrons. The Bertz CT molecular complexity index is 692. The molecule has 0 bridgehead atoms. The highest BCUT2D eigenvalue weighted by molar-refractivity contribution is 5.84. The van der Waals surface area contributed by atoms with Crippen LogP contribution in [0.4, 0.5) is 0 Å². The van der Waals surface area contributed by atoms with Crippen LogP contribution in [0.5, 0.6) is 0 Å². The number of piperidine rings is 2. The van der Waals surface area contributed by atoms with Crippen molar-refractivity contribution in [3.8, 4) is 0 Å². The molecule has 1 aliphatic carbocycles. The standard InChI is InChI=1S/C25H37N3O2/c29-24-13-12-21(19-28(24)23-10-6-1-2-7-11-23)25(30)26-22-14-16-27(17-15-22)18-20-8-4-3-5-9-20/h3-5,8-9,21-23H,1-2,6-7,10-19H2,(H,26,30). The van der Waals surface area contributed by atoms with Gasteiger partial charge in [0.2, 0.25) is 11.8 Å². The number of rotatable bonds is 5. The Labute approximate surface area is 181 Å². The third kappa shape index (κ3) is 5.63. The fourth-order valence-electron chi connectivity index (χ4n) is 5.40. The van der Waals surface area contributed by atoms with E-state index in [1.165, 1.54) is 31.2 Å². The molecule has 1 N–H and O–H groups in total. The fourth-order valence-corrected chi connectivity index (χ4v) is 5.40. The first kappa shape index (κ1) is 21.4. The Morgan fingerprint density at radius 2 is 1.63 bits per heavy atom. The summed E-state index contributed by atoms with van der Waals surface area (Å²) in [5, 5.41) is 3.32. The van der Waals surface area contributed by atoms with Crippen LogP contribution in [0.15, 0.2) is 30.3 Å². The molecule has 3 fully saturated rings. The second-order valence-electron chi connectivity index (χ2n) is 9.47. The van der Waals surface area contributed by atoms with E-state index in [0.717, 1.165) is 45.3 Å². The van der Waals surface area contributed by atoms with Gasteiger partial charge in [-0.15, -0.1) is 0 Å². The van der Waals surface area contributed by atoms with Gasteiger partial charge in [-0.3, -0.25) is 14.5 Å². The molecule has 1 saturated carbocycles. The molecule has 3 aliphatic rings. The van der Waals surface area contributed by atoms with Crippen molar-refractivity contribution in [2.24, 2.45) is 5.92 Å². The maximum atomic E-state index is 13.0. The smallest absolute Gasteiger partial charge is 0.225 e. The second kappa shape index (κ2) is 10.4. The summed E-state index contributed by atoms with van der Waals surface area (Å²) in [4.78, 5) is 30.1. The van der Waals surface area contributed by atoms with E-state index in [1.54, 1.807) is 0 Å². The van der Waals surface area contributed by atoms with Crippen LogP contribution in [0, 0.1) is 5.92 Å². The van der Waals surface area contributed by atoms with Crippen molar-refractivity contribution in [1.82, 2.24) is 15.1 Å². The number of hydrogen-bond acceptors (Lipinski definition) is 3. The van der Waals surface area contributed by atoms with E-state index in [2.05, 4.69) is 45.4 Å². The van der Waals surface area contributed by atoms with Crippen LogP contribution in [0.3, 0.4) is 0 Å². The average Bonchev–Trinajstić information content (AvgIpc) is 3.06. The summed E-state index contributed by atoms with van der Waals surface area (Å²) in [6, 6.07) is 11.2. The van der Waals surface area contributed by atoms with Crippen LogP contribution in [0.25, 0.3) is 0 Å². The average molecular weight is 412 g/mol. The molecule has 1 unspecified atom stereocenters. The Morgan fingerprint density at radius 1 is 0.933 bits per heavy atom. The minimum Gasteiger partial charge on any atom is -0.353 e. The van der Waals surface area contributed by atoms with Gasteiger partial charge in [0.1, 0.15) is 0 Å². The summed E-state index contributed by atoms with van der Waals surface area (Å²) in [7, 11) is 0. The zero-order chi connectivity index (χ0) is 20.8. The zero-order valence-corrected chi connectivity index (χ0v) is 18.2. The molecule has 5 heteroatoms. The molecule has 2 amide bonds. The van der Waals surface area contributed by atoms with Gasteiger partial charge in [0.05, 0.1) is 5.92 Å². The lowest BCUT2D eigenvalue weighted by atomic mass is 9.93. The third-order valence-electron chi connectivity index (χ3n) is 7.26. The molecular formula is C25H37N3O2. The first-order chi connectivity index (χ1) is 14.7. The van der Waals surface area contributed by atoms with Crippen LogP contribution in [-0.4, -0.2) is 53.3 Å². The summed E-state index contributed by atoms with van der Waals surface area (Å²) >= 11 is 0. The summed E-state index contributed by atoms with van der Waals surface area (Å²) in [6.07, 6.45) is 10.5. The quantitative estimate of drug-likeness (QED) is 0.751. The van der Waals surface area contributed by atoms with Crippen LogP contribution in [-0.2, 0) is 16.1 Å². The maximum absolute atomic E-state index is 13.0. The van der Waals surface area contributed by atoms with Crippen molar-refractivity contribution in [3.63, 3.8) is 0 Å². The van der Waals surface area contributed by atoms with E-state index in [9.17, 15) is 9.59 Å². The lowest BCUT2D eigenvalue weighted by molar-refractivity contribution is -0.141. The lowest BCUT2D eigenvalue weighted by Crippen LogP contribution is -2.52. The predicted octanol–water partition coefficient (Wildman–Crippen LogP) is 3.73. The molecule has 2 aliphatic heterocycles. The van der Waals surface area contributed by atoms with E-state index < -0.39 is 0 Å². The van der Waals surface area contributed by atoms with E-state index >= 15 is 0 Å². The summed E-state index contributed by atoms with van der Waals surface area (Å²) in [5.41, 5.74) is 1.35. The Balaban J connectivity index is 1.24. The van der Waals surface area contributed by atoms with Gasteiger partial charge in [0, 0.05) is 44.7 Å². The van der Waals surface area contributed by atoms with Gasteiger partial charge in [-0.1, -0.05) is 56.0 Å². The predicted molar refractivity (Wildman–Crippen MR) is 119 cm³/mol. The van der Waals surface area contributed by atoms with Crippen molar-refractivity contribution in [1.29, 1.82) is 0 Å². The number of amides is 2. The molecule has 0 aromatic heterocycles. The highest BCUT2D eigenvalue weighted by Crippen LogP contribution is 2.27. The SMILES string of the molecule is O=C(NC1CCN(Cc2ccccc2)CC1)C1CCC(=O)N(C2CCCCCC2)C1. The molecule has 30 heavy (non-hydrogen) atoms. The van der Waals surface area contributed by atoms with Gasteiger partial charge < -0.3 is 10.2 Å². The Hall–Kier alpha value is -1.88. The molecule has 0 spiro atoms. The summed E-state index contributed by atoms with van der Waals surface area (Å²) in [6.45, 7) is 3.67. The van der Waals surface area contributed by atoms with Crippen molar-refractivity contribution >= 4 is 11.8 Å². The van der Waals surface area contributed by atoms with E-state index in [1.807, 2.05) is 0 Å². The molecule has 5 nitrogen and oxygen atoms in total.